The molecular weight excluding hydrogens is 278 g/mol. The lowest BCUT2D eigenvalue weighted by Gasteiger charge is -2.21. The highest BCUT2D eigenvalue weighted by molar-refractivity contribution is 5.18. The largest absolute Gasteiger partial charge is 0.393 e. The van der Waals surface area contributed by atoms with Crippen molar-refractivity contribution in [3.63, 3.8) is 0 Å². The minimum Gasteiger partial charge on any atom is -0.393 e. The lowest BCUT2D eigenvalue weighted by atomic mass is 10.0. The zero-order chi connectivity index (χ0) is 15.5. The van der Waals surface area contributed by atoms with E-state index in [2.05, 4.69) is 34.1 Å². The average molecular weight is 301 g/mol. The van der Waals surface area contributed by atoms with E-state index in [0.29, 0.717) is 18.2 Å². The molecule has 5 heteroatoms. The SMILES string of the molecule is CC(O)C1CCN(C(C)c2nc(Cc3ccccc3)no2)C1. The molecular formula is C17H23N3O2. The number of benzene rings is 1. The van der Waals surface area contributed by atoms with E-state index in [1.807, 2.05) is 25.1 Å². The van der Waals surface area contributed by atoms with E-state index < -0.39 is 0 Å². The molecule has 1 aliphatic rings. The van der Waals surface area contributed by atoms with Crippen LogP contribution in [0.15, 0.2) is 34.9 Å². The lowest BCUT2D eigenvalue weighted by Crippen LogP contribution is -2.27. The fourth-order valence-electron chi connectivity index (χ4n) is 3.00. The topological polar surface area (TPSA) is 62.4 Å². The Morgan fingerprint density at radius 2 is 2.09 bits per heavy atom. The third kappa shape index (κ3) is 3.36. The Morgan fingerprint density at radius 1 is 1.32 bits per heavy atom. The van der Waals surface area contributed by atoms with Crippen molar-refractivity contribution in [3.05, 3.63) is 47.6 Å². The van der Waals surface area contributed by atoms with Gasteiger partial charge in [0.2, 0.25) is 5.89 Å². The molecule has 0 aliphatic carbocycles. The first kappa shape index (κ1) is 15.2. The van der Waals surface area contributed by atoms with Gasteiger partial charge in [-0.25, -0.2) is 0 Å². The van der Waals surface area contributed by atoms with Gasteiger partial charge in [-0.15, -0.1) is 0 Å². The van der Waals surface area contributed by atoms with Crippen molar-refractivity contribution in [2.75, 3.05) is 13.1 Å². The summed E-state index contributed by atoms with van der Waals surface area (Å²) in [5.41, 5.74) is 1.18. The quantitative estimate of drug-likeness (QED) is 0.919. The fourth-order valence-corrected chi connectivity index (χ4v) is 3.00. The van der Waals surface area contributed by atoms with E-state index in [4.69, 9.17) is 4.52 Å². The predicted octanol–water partition coefficient (Wildman–Crippen LogP) is 2.42. The molecule has 1 aromatic heterocycles. The highest BCUT2D eigenvalue weighted by atomic mass is 16.5. The summed E-state index contributed by atoms with van der Waals surface area (Å²) in [5, 5.41) is 13.8. The summed E-state index contributed by atoms with van der Waals surface area (Å²) in [4.78, 5) is 6.84. The van der Waals surface area contributed by atoms with Gasteiger partial charge >= 0.3 is 0 Å². The van der Waals surface area contributed by atoms with Crippen LogP contribution in [0.5, 0.6) is 0 Å². The number of aliphatic hydroxyl groups excluding tert-OH is 1. The van der Waals surface area contributed by atoms with E-state index in [9.17, 15) is 5.11 Å². The summed E-state index contributed by atoms with van der Waals surface area (Å²) in [6, 6.07) is 10.2. The maximum atomic E-state index is 9.71. The standard InChI is InChI=1S/C17H23N3O2/c1-12(20-9-8-15(11-20)13(2)21)17-18-16(19-22-17)10-14-6-4-3-5-7-14/h3-7,12-13,15,21H,8-11H2,1-2H3. The van der Waals surface area contributed by atoms with Crippen molar-refractivity contribution in [2.24, 2.45) is 5.92 Å². The van der Waals surface area contributed by atoms with Crippen LogP contribution in [0.2, 0.25) is 0 Å². The van der Waals surface area contributed by atoms with Crippen LogP contribution in [0, 0.1) is 5.92 Å². The number of likely N-dealkylation sites (tertiary alicyclic amines) is 1. The molecule has 1 N–H and O–H groups in total. The van der Waals surface area contributed by atoms with Crippen LogP contribution < -0.4 is 0 Å². The molecule has 0 saturated carbocycles. The summed E-state index contributed by atoms with van der Waals surface area (Å²) >= 11 is 0. The molecule has 3 atom stereocenters. The first-order valence-corrected chi connectivity index (χ1v) is 7.92. The van der Waals surface area contributed by atoms with Gasteiger partial charge in [0.05, 0.1) is 12.1 Å². The van der Waals surface area contributed by atoms with Crippen LogP contribution in [-0.4, -0.2) is 39.3 Å². The van der Waals surface area contributed by atoms with Crippen molar-refractivity contribution >= 4 is 0 Å². The maximum absolute atomic E-state index is 9.71. The number of aliphatic hydroxyl groups is 1. The molecule has 1 aromatic carbocycles. The van der Waals surface area contributed by atoms with E-state index in [-0.39, 0.29) is 12.1 Å². The number of hydrogen-bond acceptors (Lipinski definition) is 5. The third-order valence-electron chi connectivity index (χ3n) is 4.53. The smallest absolute Gasteiger partial charge is 0.243 e. The Labute approximate surface area is 131 Å². The third-order valence-corrected chi connectivity index (χ3v) is 4.53. The molecule has 3 rings (SSSR count). The van der Waals surface area contributed by atoms with Crippen LogP contribution in [0.25, 0.3) is 0 Å². The minimum atomic E-state index is -0.256. The zero-order valence-electron chi connectivity index (χ0n) is 13.1. The Hall–Kier alpha value is -1.72. The van der Waals surface area contributed by atoms with Crippen LogP contribution >= 0.6 is 0 Å². The van der Waals surface area contributed by atoms with Crippen LogP contribution in [0.3, 0.4) is 0 Å². The number of hydrogen-bond donors (Lipinski definition) is 1. The van der Waals surface area contributed by atoms with Crippen LogP contribution in [0.4, 0.5) is 0 Å². The highest BCUT2D eigenvalue weighted by Crippen LogP contribution is 2.28. The fraction of sp³-hybridized carbons (Fsp3) is 0.529. The lowest BCUT2D eigenvalue weighted by molar-refractivity contribution is 0.119. The van der Waals surface area contributed by atoms with E-state index in [0.717, 1.165) is 25.3 Å². The summed E-state index contributed by atoms with van der Waals surface area (Å²) in [6.45, 7) is 5.80. The predicted molar refractivity (Wildman–Crippen MR) is 83.3 cm³/mol. The average Bonchev–Trinajstić information content (AvgIpc) is 3.17. The molecule has 5 nitrogen and oxygen atoms in total. The first-order valence-electron chi connectivity index (χ1n) is 7.92. The van der Waals surface area contributed by atoms with Gasteiger partial charge in [0.25, 0.3) is 0 Å². The van der Waals surface area contributed by atoms with Crippen LogP contribution in [-0.2, 0) is 6.42 Å². The van der Waals surface area contributed by atoms with Crippen molar-refractivity contribution in [1.82, 2.24) is 15.0 Å². The molecule has 22 heavy (non-hydrogen) atoms. The van der Waals surface area contributed by atoms with Crippen molar-refractivity contribution in [3.8, 4) is 0 Å². The second-order valence-corrected chi connectivity index (χ2v) is 6.17. The molecule has 118 valence electrons. The molecule has 0 amide bonds. The van der Waals surface area contributed by atoms with Crippen LogP contribution in [0.1, 0.15) is 43.6 Å². The summed E-state index contributed by atoms with van der Waals surface area (Å²) in [7, 11) is 0. The molecule has 0 spiro atoms. The first-order chi connectivity index (χ1) is 10.6. The molecule has 2 heterocycles. The second kappa shape index (κ2) is 6.58. The normalized spacial score (nSPS) is 21.9. The van der Waals surface area contributed by atoms with Crippen molar-refractivity contribution in [2.45, 2.75) is 38.8 Å². The zero-order valence-corrected chi connectivity index (χ0v) is 13.1. The van der Waals surface area contributed by atoms with Gasteiger partial charge in [0.1, 0.15) is 0 Å². The molecule has 1 fully saturated rings. The van der Waals surface area contributed by atoms with Gasteiger partial charge in [-0.3, -0.25) is 4.90 Å². The Morgan fingerprint density at radius 3 is 2.77 bits per heavy atom. The Bertz CT molecular complexity index is 597. The number of aromatic nitrogens is 2. The molecule has 1 aliphatic heterocycles. The van der Waals surface area contributed by atoms with Gasteiger partial charge in [-0.2, -0.15) is 4.98 Å². The van der Waals surface area contributed by atoms with Gasteiger partial charge in [-0.1, -0.05) is 35.5 Å². The maximum Gasteiger partial charge on any atom is 0.243 e. The summed E-state index contributed by atoms with van der Waals surface area (Å²) in [6.07, 6.45) is 1.45. The molecule has 3 unspecified atom stereocenters. The monoisotopic (exact) mass is 301 g/mol. The summed E-state index contributed by atoms with van der Waals surface area (Å²) < 4.78 is 5.44. The minimum absolute atomic E-state index is 0.0979. The molecule has 2 aromatic rings. The highest BCUT2D eigenvalue weighted by Gasteiger charge is 2.31. The van der Waals surface area contributed by atoms with Crippen molar-refractivity contribution < 1.29 is 9.63 Å². The Kier molecular flexibility index (Phi) is 4.55. The molecule has 0 bridgehead atoms. The van der Waals surface area contributed by atoms with Gasteiger partial charge < -0.3 is 9.63 Å². The van der Waals surface area contributed by atoms with E-state index in [1.165, 1.54) is 5.56 Å². The van der Waals surface area contributed by atoms with E-state index >= 15 is 0 Å². The second-order valence-electron chi connectivity index (χ2n) is 6.17. The Balaban J connectivity index is 1.63. The van der Waals surface area contributed by atoms with Gasteiger partial charge in [0, 0.05) is 13.0 Å². The van der Waals surface area contributed by atoms with Crippen molar-refractivity contribution in [1.29, 1.82) is 0 Å². The number of rotatable bonds is 5. The summed E-state index contributed by atoms with van der Waals surface area (Å²) in [5.74, 6) is 1.73. The molecule has 0 radical (unpaired) electrons. The van der Waals surface area contributed by atoms with E-state index in [1.54, 1.807) is 0 Å². The van der Waals surface area contributed by atoms with Gasteiger partial charge in [0.15, 0.2) is 5.82 Å². The number of nitrogens with zero attached hydrogens (tertiary/aromatic N) is 3. The van der Waals surface area contributed by atoms with Gasteiger partial charge in [-0.05, 0) is 38.3 Å². The molecule has 1 saturated heterocycles.